The van der Waals surface area contributed by atoms with Crippen molar-refractivity contribution >= 4 is 15.9 Å². The van der Waals surface area contributed by atoms with Crippen LogP contribution < -0.4 is 0 Å². The summed E-state index contributed by atoms with van der Waals surface area (Å²) in [5.41, 5.74) is 2.80. The summed E-state index contributed by atoms with van der Waals surface area (Å²) in [5.74, 6) is 1.65. The highest BCUT2D eigenvalue weighted by molar-refractivity contribution is 9.09. The highest BCUT2D eigenvalue weighted by Gasteiger charge is 2.14. The van der Waals surface area contributed by atoms with E-state index in [1.165, 1.54) is 11.1 Å². The summed E-state index contributed by atoms with van der Waals surface area (Å²) in [6, 6.07) is 8.62. The normalized spacial score (nSPS) is 12.6. The van der Waals surface area contributed by atoms with Crippen LogP contribution in [0, 0.1) is 12.8 Å². The van der Waals surface area contributed by atoms with E-state index in [9.17, 15) is 0 Å². The number of alkyl halides is 1. The molecule has 2 rings (SSSR count). The van der Waals surface area contributed by atoms with Crippen LogP contribution in [0.1, 0.15) is 30.3 Å². The van der Waals surface area contributed by atoms with Crippen LogP contribution in [0.5, 0.6) is 0 Å². The lowest BCUT2D eigenvalue weighted by Gasteiger charge is -2.15. The lowest BCUT2D eigenvalue weighted by molar-refractivity contribution is 0.511. The standard InChI is InChI=1S/C16H22BrN3/c1-3-8-20-16(18-12-19-20)10-14(11-17)9-15-7-5-4-6-13(15)2/h4-7,12,14H,3,8-11H2,1-2H3. The molecule has 0 aliphatic rings. The molecule has 1 aromatic carbocycles. The van der Waals surface area contributed by atoms with E-state index in [1.54, 1.807) is 6.33 Å². The third-order valence-corrected chi connectivity index (χ3v) is 4.51. The summed E-state index contributed by atoms with van der Waals surface area (Å²) < 4.78 is 2.04. The quantitative estimate of drug-likeness (QED) is 0.720. The second kappa shape index (κ2) is 7.58. The lowest BCUT2D eigenvalue weighted by Crippen LogP contribution is -2.15. The van der Waals surface area contributed by atoms with Crippen molar-refractivity contribution in [2.24, 2.45) is 5.92 Å². The predicted molar refractivity (Wildman–Crippen MR) is 86.2 cm³/mol. The van der Waals surface area contributed by atoms with Gasteiger partial charge in [-0.05, 0) is 36.8 Å². The molecule has 0 spiro atoms. The molecule has 2 aromatic rings. The van der Waals surface area contributed by atoms with Gasteiger partial charge in [0.05, 0.1) is 0 Å². The average molecular weight is 336 g/mol. The van der Waals surface area contributed by atoms with Crippen molar-refractivity contribution in [3.63, 3.8) is 0 Å². The summed E-state index contributed by atoms with van der Waals surface area (Å²) in [6.07, 6.45) is 4.81. The molecular formula is C16H22BrN3. The maximum absolute atomic E-state index is 4.42. The van der Waals surface area contributed by atoms with Crippen molar-refractivity contribution in [1.82, 2.24) is 14.8 Å². The molecule has 0 bridgehead atoms. The Morgan fingerprint density at radius 1 is 1.25 bits per heavy atom. The first-order chi connectivity index (χ1) is 9.74. The number of rotatable bonds is 7. The van der Waals surface area contributed by atoms with Crippen molar-refractivity contribution in [1.29, 1.82) is 0 Å². The topological polar surface area (TPSA) is 30.7 Å². The number of nitrogens with zero attached hydrogens (tertiary/aromatic N) is 3. The molecule has 1 aromatic heterocycles. The Labute approximate surface area is 129 Å². The minimum absolute atomic E-state index is 0.552. The van der Waals surface area contributed by atoms with Crippen LogP contribution >= 0.6 is 15.9 Å². The van der Waals surface area contributed by atoms with E-state index in [4.69, 9.17) is 0 Å². The lowest BCUT2D eigenvalue weighted by atomic mass is 9.95. The zero-order valence-electron chi connectivity index (χ0n) is 12.2. The van der Waals surface area contributed by atoms with Gasteiger partial charge in [0.2, 0.25) is 0 Å². The maximum Gasteiger partial charge on any atom is 0.138 e. The molecule has 0 aliphatic carbocycles. The second-order valence-electron chi connectivity index (χ2n) is 5.25. The van der Waals surface area contributed by atoms with E-state index >= 15 is 0 Å². The maximum atomic E-state index is 4.42. The van der Waals surface area contributed by atoms with Gasteiger partial charge in [0.15, 0.2) is 0 Å². The number of aromatic nitrogens is 3. The highest BCUT2D eigenvalue weighted by Crippen LogP contribution is 2.18. The first-order valence-corrected chi connectivity index (χ1v) is 8.33. The summed E-state index contributed by atoms with van der Waals surface area (Å²) in [7, 11) is 0. The fourth-order valence-electron chi connectivity index (χ4n) is 2.43. The Morgan fingerprint density at radius 3 is 2.75 bits per heavy atom. The fraction of sp³-hybridized carbons (Fsp3) is 0.500. The van der Waals surface area contributed by atoms with Crippen molar-refractivity contribution in [2.75, 3.05) is 5.33 Å². The summed E-state index contributed by atoms with van der Waals surface area (Å²) >= 11 is 3.65. The summed E-state index contributed by atoms with van der Waals surface area (Å²) in [6.45, 7) is 5.30. The Morgan fingerprint density at radius 2 is 2.05 bits per heavy atom. The van der Waals surface area contributed by atoms with Crippen LogP contribution in [0.3, 0.4) is 0 Å². The highest BCUT2D eigenvalue weighted by atomic mass is 79.9. The molecular weight excluding hydrogens is 314 g/mol. The van der Waals surface area contributed by atoms with E-state index in [0.717, 1.165) is 37.0 Å². The largest absolute Gasteiger partial charge is 0.250 e. The van der Waals surface area contributed by atoms with Gasteiger partial charge < -0.3 is 0 Å². The number of benzene rings is 1. The molecule has 0 radical (unpaired) electrons. The number of aryl methyl sites for hydroxylation is 2. The molecule has 1 atom stereocenters. The molecule has 0 N–H and O–H groups in total. The first kappa shape index (κ1) is 15.2. The molecule has 108 valence electrons. The number of hydrogen-bond acceptors (Lipinski definition) is 2. The van der Waals surface area contributed by atoms with Crippen LogP contribution in [0.15, 0.2) is 30.6 Å². The van der Waals surface area contributed by atoms with E-state index in [1.807, 2.05) is 4.68 Å². The zero-order valence-corrected chi connectivity index (χ0v) is 13.8. The fourth-order valence-corrected chi connectivity index (χ4v) is 2.89. The number of halogens is 1. The predicted octanol–water partition coefficient (Wildman–Crippen LogP) is 3.79. The van der Waals surface area contributed by atoms with Gasteiger partial charge in [0.25, 0.3) is 0 Å². The van der Waals surface area contributed by atoms with Crippen LogP contribution in [0.4, 0.5) is 0 Å². The van der Waals surface area contributed by atoms with Gasteiger partial charge >= 0.3 is 0 Å². The Balaban J connectivity index is 2.05. The molecule has 0 fully saturated rings. The molecule has 0 saturated carbocycles. The van der Waals surface area contributed by atoms with Crippen molar-refractivity contribution in [3.8, 4) is 0 Å². The van der Waals surface area contributed by atoms with Gasteiger partial charge in [-0.2, -0.15) is 5.10 Å². The van der Waals surface area contributed by atoms with Gasteiger partial charge in [-0.1, -0.05) is 47.1 Å². The van der Waals surface area contributed by atoms with E-state index in [2.05, 4.69) is 64.1 Å². The van der Waals surface area contributed by atoms with Gasteiger partial charge in [-0.25, -0.2) is 4.98 Å². The SMILES string of the molecule is CCCn1ncnc1CC(CBr)Cc1ccccc1C. The van der Waals surface area contributed by atoms with Gasteiger partial charge in [-0.15, -0.1) is 0 Å². The molecule has 3 nitrogen and oxygen atoms in total. The van der Waals surface area contributed by atoms with Crippen molar-refractivity contribution in [3.05, 3.63) is 47.5 Å². The molecule has 0 saturated heterocycles. The van der Waals surface area contributed by atoms with Crippen LogP contribution in [0.2, 0.25) is 0 Å². The van der Waals surface area contributed by atoms with Crippen LogP contribution in [-0.4, -0.2) is 20.1 Å². The third-order valence-electron chi connectivity index (χ3n) is 3.59. The van der Waals surface area contributed by atoms with Gasteiger partial charge in [0.1, 0.15) is 12.2 Å². The molecule has 0 amide bonds. The molecule has 0 aliphatic heterocycles. The van der Waals surface area contributed by atoms with Crippen molar-refractivity contribution < 1.29 is 0 Å². The molecule has 20 heavy (non-hydrogen) atoms. The Kier molecular flexibility index (Phi) is 5.77. The van der Waals surface area contributed by atoms with E-state index in [0.29, 0.717) is 5.92 Å². The van der Waals surface area contributed by atoms with Crippen molar-refractivity contribution in [2.45, 2.75) is 39.7 Å². The Hall–Kier alpha value is -1.16. The smallest absolute Gasteiger partial charge is 0.138 e. The van der Waals surface area contributed by atoms with Crippen LogP contribution in [0.25, 0.3) is 0 Å². The second-order valence-corrected chi connectivity index (χ2v) is 5.90. The van der Waals surface area contributed by atoms with Gasteiger partial charge in [-0.3, -0.25) is 4.68 Å². The molecule has 1 unspecified atom stereocenters. The first-order valence-electron chi connectivity index (χ1n) is 7.21. The average Bonchev–Trinajstić information content (AvgIpc) is 2.88. The van der Waals surface area contributed by atoms with Gasteiger partial charge in [0, 0.05) is 18.3 Å². The molecule has 4 heteroatoms. The van der Waals surface area contributed by atoms with E-state index in [-0.39, 0.29) is 0 Å². The minimum Gasteiger partial charge on any atom is -0.250 e. The summed E-state index contributed by atoms with van der Waals surface area (Å²) in [4.78, 5) is 4.42. The Bertz CT molecular complexity index is 536. The minimum atomic E-state index is 0.552. The van der Waals surface area contributed by atoms with Crippen LogP contribution in [-0.2, 0) is 19.4 Å². The zero-order chi connectivity index (χ0) is 14.4. The number of hydrogen-bond donors (Lipinski definition) is 0. The third kappa shape index (κ3) is 3.92. The monoisotopic (exact) mass is 335 g/mol. The summed E-state index contributed by atoms with van der Waals surface area (Å²) in [5, 5.41) is 5.29. The molecule has 1 heterocycles. The van der Waals surface area contributed by atoms with E-state index < -0.39 is 0 Å².